The molecule has 0 aliphatic heterocycles. The first kappa shape index (κ1) is 19.1. The Morgan fingerprint density at radius 2 is 1.64 bits per heavy atom. The van der Waals surface area contributed by atoms with Gasteiger partial charge in [0, 0.05) is 5.56 Å². The molecule has 0 atom stereocenters. The number of alkyl halides is 5. The molecule has 0 aliphatic rings. The van der Waals surface area contributed by atoms with E-state index in [2.05, 4.69) is 24.9 Å². The second kappa shape index (κ2) is 7.51. The molecule has 3 rings (SSSR count). The first-order valence-corrected chi connectivity index (χ1v) is 7.53. The Morgan fingerprint density at radius 1 is 0.964 bits per heavy atom. The van der Waals surface area contributed by atoms with Crippen molar-refractivity contribution in [2.75, 3.05) is 0 Å². The van der Waals surface area contributed by atoms with E-state index in [0.29, 0.717) is 5.56 Å². The number of nitrogens with one attached hydrogen (secondary N) is 1. The quantitative estimate of drug-likeness (QED) is 0.642. The van der Waals surface area contributed by atoms with E-state index in [4.69, 9.17) is 5.26 Å². The van der Waals surface area contributed by atoms with Crippen LogP contribution in [0.5, 0.6) is 11.5 Å². The van der Waals surface area contributed by atoms with Crippen molar-refractivity contribution in [3.63, 3.8) is 0 Å². The van der Waals surface area contributed by atoms with E-state index < -0.39 is 18.7 Å². The number of nitrogens with zero attached hydrogens (tertiary/aromatic N) is 3. The summed E-state index contributed by atoms with van der Waals surface area (Å²) >= 11 is 0. The van der Waals surface area contributed by atoms with Crippen LogP contribution in [0.4, 0.5) is 22.0 Å². The van der Waals surface area contributed by atoms with Crippen LogP contribution in [0.1, 0.15) is 5.69 Å². The van der Waals surface area contributed by atoms with Gasteiger partial charge in [-0.15, -0.1) is 18.3 Å². The summed E-state index contributed by atoms with van der Waals surface area (Å²) in [5.74, 6) is -0.648. The van der Waals surface area contributed by atoms with Crippen LogP contribution in [0.15, 0.2) is 42.5 Å². The van der Waals surface area contributed by atoms with Crippen LogP contribution in [0.3, 0.4) is 0 Å². The lowest BCUT2D eigenvalue weighted by Crippen LogP contribution is -2.17. The standard InChI is InChI=1S/C17H9F5N4O2/c18-16(19)27-12-3-1-9(2-4-12)10-5-11(15-14(8-23)24-26-25-15)7-13(6-10)28-17(20,21)22/h1-7,16H,(H,24,25,26). The molecular formula is C17H9F5N4O2. The van der Waals surface area contributed by atoms with Gasteiger partial charge in [0.2, 0.25) is 0 Å². The number of hydrogen-bond donors (Lipinski definition) is 1. The number of ether oxygens (including phenoxy) is 2. The minimum Gasteiger partial charge on any atom is -0.435 e. The monoisotopic (exact) mass is 396 g/mol. The summed E-state index contributed by atoms with van der Waals surface area (Å²) in [4.78, 5) is 0. The van der Waals surface area contributed by atoms with Gasteiger partial charge in [-0.3, -0.25) is 0 Å². The molecule has 0 saturated heterocycles. The van der Waals surface area contributed by atoms with Crippen LogP contribution < -0.4 is 9.47 Å². The van der Waals surface area contributed by atoms with E-state index in [0.717, 1.165) is 12.1 Å². The summed E-state index contributed by atoms with van der Waals surface area (Å²) in [7, 11) is 0. The number of benzene rings is 2. The Kier molecular flexibility index (Phi) is 5.12. The zero-order chi connectivity index (χ0) is 20.3. The average Bonchev–Trinajstić information content (AvgIpc) is 3.09. The zero-order valence-corrected chi connectivity index (χ0v) is 13.7. The van der Waals surface area contributed by atoms with Gasteiger partial charge in [-0.1, -0.05) is 17.3 Å². The number of aromatic amines is 1. The summed E-state index contributed by atoms with van der Waals surface area (Å²) in [6.07, 6.45) is -4.94. The van der Waals surface area contributed by atoms with Crippen molar-refractivity contribution in [3.8, 4) is 40.0 Å². The van der Waals surface area contributed by atoms with Crippen LogP contribution >= 0.6 is 0 Å². The van der Waals surface area contributed by atoms with Crippen LogP contribution in [0.2, 0.25) is 0 Å². The Morgan fingerprint density at radius 3 is 2.25 bits per heavy atom. The van der Waals surface area contributed by atoms with E-state index in [9.17, 15) is 22.0 Å². The molecule has 1 N–H and O–H groups in total. The Bertz CT molecular complexity index is 1010. The third-order valence-corrected chi connectivity index (χ3v) is 3.49. The van der Waals surface area contributed by atoms with Crippen molar-refractivity contribution in [2.45, 2.75) is 13.0 Å². The largest absolute Gasteiger partial charge is 0.573 e. The fourth-order valence-corrected chi connectivity index (χ4v) is 2.43. The number of H-pyrrole nitrogens is 1. The molecule has 0 radical (unpaired) electrons. The Hall–Kier alpha value is -3.68. The number of hydrogen-bond acceptors (Lipinski definition) is 5. The number of aromatic nitrogens is 3. The minimum absolute atomic E-state index is 0.0361. The van der Waals surface area contributed by atoms with Gasteiger partial charge < -0.3 is 9.47 Å². The molecule has 0 bridgehead atoms. The molecule has 0 saturated carbocycles. The van der Waals surface area contributed by atoms with E-state index in [1.807, 2.05) is 0 Å². The lowest BCUT2D eigenvalue weighted by molar-refractivity contribution is -0.274. The van der Waals surface area contributed by atoms with Crippen LogP contribution in [-0.2, 0) is 0 Å². The molecule has 11 heteroatoms. The fraction of sp³-hybridized carbons (Fsp3) is 0.118. The molecule has 1 heterocycles. The van der Waals surface area contributed by atoms with Gasteiger partial charge in [-0.25, -0.2) is 5.10 Å². The number of rotatable bonds is 5. The SMILES string of the molecule is N#Cc1[nH]nnc1-c1cc(OC(F)(F)F)cc(-c2ccc(OC(F)F)cc2)c1. The Labute approximate surface area is 154 Å². The predicted octanol–water partition coefficient (Wildman–Crippen LogP) is 4.51. The molecule has 0 unspecified atom stereocenters. The molecule has 0 spiro atoms. The lowest BCUT2D eigenvalue weighted by Gasteiger charge is -2.13. The third kappa shape index (κ3) is 4.53. The highest BCUT2D eigenvalue weighted by atomic mass is 19.4. The van der Waals surface area contributed by atoms with Crippen molar-refractivity contribution < 1.29 is 31.4 Å². The highest BCUT2D eigenvalue weighted by Crippen LogP contribution is 2.34. The molecular weight excluding hydrogens is 387 g/mol. The topological polar surface area (TPSA) is 83.8 Å². The highest BCUT2D eigenvalue weighted by molar-refractivity contribution is 5.75. The molecule has 0 aliphatic carbocycles. The Balaban J connectivity index is 2.06. The third-order valence-electron chi connectivity index (χ3n) is 3.49. The van der Waals surface area contributed by atoms with E-state index in [-0.39, 0.29) is 28.3 Å². The molecule has 6 nitrogen and oxygen atoms in total. The molecule has 3 aromatic rings. The van der Waals surface area contributed by atoms with Crippen LogP contribution in [0, 0.1) is 11.3 Å². The maximum absolute atomic E-state index is 12.7. The van der Waals surface area contributed by atoms with Gasteiger partial charge in [0.05, 0.1) is 0 Å². The highest BCUT2D eigenvalue weighted by Gasteiger charge is 2.31. The smallest absolute Gasteiger partial charge is 0.435 e. The van der Waals surface area contributed by atoms with Gasteiger partial charge in [0.15, 0.2) is 5.69 Å². The van der Waals surface area contributed by atoms with Crippen molar-refractivity contribution in [1.29, 1.82) is 5.26 Å². The van der Waals surface area contributed by atoms with Crippen LogP contribution in [-0.4, -0.2) is 28.4 Å². The molecule has 0 amide bonds. The van der Waals surface area contributed by atoms with Gasteiger partial charge in [-0.2, -0.15) is 14.0 Å². The number of halogens is 5. The molecule has 1 aromatic heterocycles. The normalized spacial score (nSPS) is 11.3. The molecule has 0 fully saturated rings. The second-order valence-corrected chi connectivity index (χ2v) is 5.34. The molecule has 144 valence electrons. The summed E-state index contributed by atoms with van der Waals surface area (Å²) in [6, 6.07) is 10.7. The van der Waals surface area contributed by atoms with Gasteiger partial charge in [0.25, 0.3) is 0 Å². The van der Waals surface area contributed by atoms with Crippen molar-refractivity contribution in [1.82, 2.24) is 15.4 Å². The summed E-state index contributed by atoms with van der Waals surface area (Å²) in [5, 5.41) is 18.6. The minimum atomic E-state index is -4.94. The van der Waals surface area contributed by atoms with Gasteiger partial charge in [0.1, 0.15) is 23.3 Å². The van der Waals surface area contributed by atoms with Crippen molar-refractivity contribution in [2.24, 2.45) is 0 Å². The number of nitriles is 1. The molecule has 28 heavy (non-hydrogen) atoms. The first-order chi connectivity index (χ1) is 13.2. The van der Waals surface area contributed by atoms with E-state index in [1.54, 1.807) is 6.07 Å². The van der Waals surface area contributed by atoms with Crippen molar-refractivity contribution >= 4 is 0 Å². The molecule has 2 aromatic carbocycles. The van der Waals surface area contributed by atoms with Crippen molar-refractivity contribution in [3.05, 3.63) is 48.2 Å². The summed E-state index contributed by atoms with van der Waals surface area (Å²) < 4.78 is 70.7. The second-order valence-electron chi connectivity index (χ2n) is 5.34. The predicted molar refractivity (Wildman–Crippen MR) is 85.3 cm³/mol. The first-order valence-electron chi connectivity index (χ1n) is 7.53. The maximum Gasteiger partial charge on any atom is 0.573 e. The van der Waals surface area contributed by atoms with Crippen LogP contribution in [0.25, 0.3) is 22.4 Å². The maximum atomic E-state index is 12.7. The fourth-order valence-electron chi connectivity index (χ4n) is 2.43. The zero-order valence-electron chi connectivity index (χ0n) is 13.7. The van der Waals surface area contributed by atoms with Gasteiger partial charge >= 0.3 is 13.0 Å². The van der Waals surface area contributed by atoms with E-state index in [1.165, 1.54) is 30.3 Å². The summed E-state index contributed by atoms with van der Waals surface area (Å²) in [6.45, 7) is -3.00. The lowest BCUT2D eigenvalue weighted by atomic mass is 10.0. The van der Waals surface area contributed by atoms with Gasteiger partial charge in [-0.05, 0) is 41.5 Å². The van der Waals surface area contributed by atoms with E-state index >= 15 is 0 Å². The summed E-state index contributed by atoms with van der Waals surface area (Å²) in [5.41, 5.74) is 0.810. The average molecular weight is 396 g/mol.